The van der Waals surface area contributed by atoms with E-state index in [0.29, 0.717) is 12.2 Å². The molecule has 16 heavy (non-hydrogen) atoms. The summed E-state index contributed by atoms with van der Waals surface area (Å²) < 4.78 is 4.81. The summed E-state index contributed by atoms with van der Waals surface area (Å²) in [7, 11) is 0. The van der Waals surface area contributed by atoms with Gasteiger partial charge in [-0.25, -0.2) is 0 Å². The van der Waals surface area contributed by atoms with Gasteiger partial charge in [0, 0.05) is 11.5 Å². The van der Waals surface area contributed by atoms with Gasteiger partial charge in [0.05, 0.1) is 13.0 Å². The van der Waals surface area contributed by atoms with Crippen LogP contribution < -0.4 is 0 Å². The van der Waals surface area contributed by atoms with Crippen LogP contribution in [0.3, 0.4) is 0 Å². The zero-order chi connectivity index (χ0) is 12.0. The van der Waals surface area contributed by atoms with E-state index in [1.165, 1.54) is 0 Å². The van der Waals surface area contributed by atoms with E-state index in [0.717, 1.165) is 0 Å². The van der Waals surface area contributed by atoms with E-state index in [1.54, 1.807) is 26.0 Å². The van der Waals surface area contributed by atoms with Crippen LogP contribution in [0.15, 0.2) is 30.3 Å². The number of ether oxygens (including phenoxy) is 1. The predicted molar refractivity (Wildman–Crippen MR) is 61.2 cm³/mol. The zero-order valence-electron chi connectivity index (χ0n) is 9.60. The molecular formula is C13H16O3. The number of hydrogen-bond acceptors (Lipinski definition) is 3. The topological polar surface area (TPSA) is 43.4 Å². The quantitative estimate of drug-likeness (QED) is 0.565. The van der Waals surface area contributed by atoms with Crippen molar-refractivity contribution in [3.8, 4) is 0 Å². The lowest BCUT2D eigenvalue weighted by Crippen LogP contribution is -2.17. The first-order chi connectivity index (χ1) is 7.65. The molecule has 0 aliphatic carbocycles. The van der Waals surface area contributed by atoms with Gasteiger partial charge in [-0.05, 0) is 6.92 Å². The van der Waals surface area contributed by atoms with Gasteiger partial charge in [-0.2, -0.15) is 0 Å². The highest BCUT2D eigenvalue weighted by atomic mass is 16.5. The van der Waals surface area contributed by atoms with Gasteiger partial charge in [0.1, 0.15) is 0 Å². The largest absolute Gasteiger partial charge is 0.466 e. The van der Waals surface area contributed by atoms with Crippen molar-refractivity contribution in [3.63, 3.8) is 0 Å². The van der Waals surface area contributed by atoms with Crippen LogP contribution in [0.25, 0.3) is 0 Å². The molecule has 0 unspecified atom stereocenters. The molecular weight excluding hydrogens is 204 g/mol. The highest BCUT2D eigenvalue weighted by Crippen LogP contribution is 2.12. The monoisotopic (exact) mass is 220 g/mol. The summed E-state index contributed by atoms with van der Waals surface area (Å²) in [6, 6.07) is 8.98. The molecule has 3 nitrogen and oxygen atoms in total. The normalized spacial score (nSPS) is 11.9. The van der Waals surface area contributed by atoms with Crippen molar-refractivity contribution >= 4 is 11.8 Å². The van der Waals surface area contributed by atoms with E-state index < -0.39 is 0 Å². The molecule has 0 aliphatic rings. The Morgan fingerprint density at radius 3 is 2.44 bits per heavy atom. The molecule has 1 aromatic carbocycles. The molecule has 0 saturated carbocycles. The smallest absolute Gasteiger partial charge is 0.306 e. The number of benzene rings is 1. The van der Waals surface area contributed by atoms with Crippen molar-refractivity contribution in [3.05, 3.63) is 35.9 Å². The molecule has 0 fully saturated rings. The minimum Gasteiger partial charge on any atom is -0.466 e. The van der Waals surface area contributed by atoms with E-state index in [1.807, 2.05) is 18.2 Å². The Hall–Kier alpha value is -1.64. The van der Waals surface area contributed by atoms with E-state index in [2.05, 4.69) is 0 Å². The number of carbonyl (C=O) groups is 2. The molecule has 0 bridgehead atoms. The molecule has 0 saturated heterocycles. The molecule has 3 heteroatoms. The van der Waals surface area contributed by atoms with Crippen molar-refractivity contribution < 1.29 is 14.3 Å². The maximum absolute atomic E-state index is 11.9. The van der Waals surface area contributed by atoms with Crippen molar-refractivity contribution in [1.29, 1.82) is 0 Å². The van der Waals surface area contributed by atoms with Gasteiger partial charge >= 0.3 is 5.97 Å². The van der Waals surface area contributed by atoms with Gasteiger partial charge in [0.2, 0.25) is 0 Å². The van der Waals surface area contributed by atoms with Crippen molar-refractivity contribution in [1.82, 2.24) is 0 Å². The number of Topliss-reactive ketones (excluding diaryl/α,β-unsaturated/α-hetero) is 1. The Bertz CT molecular complexity index is 357. The van der Waals surface area contributed by atoms with Gasteiger partial charge in [-0.15, -0.1) is 0 Å². The fourth-order valence-corrected chi connectivity index (χ4v) is 1.45. The summed E-state index contributed by atoms with van der Waals surface area (Å²) in [6.07, 6.45) is 0.140. The first kappa shape index (κ1) is 12.4. The maximum Gasteiger partial charge on any atom is 0.306 e. The number of carbonyl (C=O) groups excluding carboxylic acids is 2. The number of rotatable bonds is 5. The summed E-state index contributed by atoms with van der Waals surface area (Å²) in [5, 5.41) is 0. The molecule has 0 aromatic heterocycles. The molecule has 1 aromatic rings. The van der Waals surface area contributed by atoms with Crippen molar-refractivity contribution in [2.45, 2.75) is 20.3 Å². The summed E-state index contributed by atoms with van der Waals surface area (Å²) >= 11 is 0. The molecule has 86 valence electrons. The predicted octanol–water partition coefficient (Wildman–Crippen LogP) is 2.46. The van der Waals surface area contributed by atoms with Crippen LogP contribution >= 0.6 is 0 Å². The van der Waals surface area contributed by atoms with E-state index in [9.17, 15) is 9.59 Å². The van der Waals surface area contributed by atoms with E-state index >= 15 is 0 Å². The van der Waals surface area contributed by atoms with Gasteiger partial charge < -0.3 is 4.74 Å². The SMILES string of the molecule is CCOC(=O)C[C@H](C)C(=O)c1ccccc1. The fraction of sp³-hybridized carbons (Fsp3) is 0.385. The molecule has 1 atom stereocenters. The average molecular weight is 220 g/mol. The highest BCUT2D eigenvalue weighted by Gasteiger charge is 2.18. The lowest BCUT2D eigenvalue weighted by atomic mass is 9.97. The van der Waals surface area contributed by atoms with E-state index in [-0.39, 0.29) is 24.1 Å². The third-order valence-corrected chi connectivity index (χ3v) is 2.28. The molecule has 0 radical (unpaired) electrons. The molecule has 0 N–H and O–H groups in total. The third kappa shape index (κ3) is 3.50. The summed E-state index contributed by atoms with van der Waals surface area (Å²) in [4.78, 5) is 23.1. The molecule has 0 heterocycles. The fourth-order valence-electron chi connectivity index (χ4n) is 1.45. The third-order valence-electron chi connectivity index (χ3n) is 2.28. The van der Waals surface area contributed by atoms with Crippen molar-refractivity contribution in [2.75, 3.05) is 6.61 Å². The van der Waals surface area contributed by atoms with Crippen LogP contribution in [0.1, 0.15) is 30.6 Å². The second-order valence-corrected chi connectivity index (χ2v) is 3.64. The highest BCUT2D eigenvalue weighted by molar-refractivity contribution is 5.99. The number of ketones is 1. The summed E-state index contributed by atoms with van der Waals surface area (Å²) in [5.41, 5.74) is 0.638. The van der Waals surface area contributed by atoms with Crippen LogP contribution in [0.4, 0.5) is 0 Å². The number of hydrogen-bond donors (Lipinski definition) is 0. The van der Waals surface area contributed by atoms with Crippen LogP contribution in [0, 0.1) is 5.92 Å². The maximum atomic E-state index is 11.9. The van der Waals surface area contributed by atoms with Gasteiger partial charge in [0.25, 0.3) is 0 Å². The molecule has 0 spiro atoms. The lowest BCUT2D eigenvalue weighted by Gasteiger charge is -2.09. The Morgan fingerprint density at radius 2 is 1.88 bits per heavy atom. The second kappa shape index (κ2) is 6.05. The molecule has 1 rings (SSSR count). The summed E-state index contributed by atoms with van der Waals surface area (Å²) in [6.45, 7) is 3.85. The lowest BCUT2D eigenvalue weighted by molar-refractivity contribution is -0.143. The summed E-state index contributed by atoms with van der Waals surface area (Å²) in [5.74, 6) is -0.672. The first-order valence-corrected chi connectivity index (χ1v) is 5.40. The molecule has 0 aliphatic heterocycles. The second-order valence-electron chi connectivity index (χ2n) is 3.64. The zero-order valence-corrected chi connectivity index (χ0v) is 9.60. The van der Waals surface area contributed by atoms with Crippen LogP contribution in [-0.4, -0.2) is 18.4 Å². The van der Waals surface area contributed by atoms with E-state index in [4.69, 9.17) is 4.74 Å². The Labute approximate surface area is 95.4 Å². The number of esters is 1. The average Bonchev–Trinajstić information content (AvgIpc) is 2.29. The minimum atomic E-state index is -0.332. The van der Waals surface area contributed by atoms with Crippen molar-refractivity contribution in [2.24, 2.45) is 5.92 Å². The van der Waals surface area contributed by atoms with Crippen LogP contribution in [0.5, 0.6) is 0 Å². The van der Waals surface area contributed by atoms with Gasteiger partial charge in [-0.3, -0.25) is 9.59 Å². The Kier molecular flexibility index (Phi) is 4.70. The Morgan fingerprint density at radius 1 is 1.25 bits per heavy atom. The van der Waals surface area contributed by atoms with Gasteiger partial charge in [0.15, 0.2) is 5.78 Å². The minimum absolute atomic E-state index is 0.0198. The van der Waals surface area contributed by atoms with Crippen LogP contribution in [-0.2, 0) is 9.53 Å². The standard InChI is InChI=1S/C13H16O3/c1-3-16-12(14)9-10(2)13(15)11-7-5-4-6-8-11/h4-8,10H,3,9H2,1-2H3/t10-/m0/s1. The first-order valence-electron chi connectivity index (χ1n) is 5.40. The van der Waals surface area contributed by atoms with Crippen LogP contribution in [0.2, 0.25) is 0 Å². The van der Waals surface area contributed by atoms with Gasteiger partial charge in [-0.1, -0.05) is 37.3 Å². The molecule has 0 amide bonds. The Balaban J connectivity index is 2.58.